The Kier molecular flexibility index (Phi) is 4.90. The van der Waals surface area contributed by atoms with Gasteiger partial charge in [0.2, 0.25) is 5.88 Å². The fourth-order valence-electron chi connectivity index (χ4n) is 4.42. The topological polar surface area (TPSA) is 68.5 Å². The molecule has 1 aliphatic carbocycles. The Morgan fingerprint density at radius 1 is 1.11 bits per heavy atom. The zero-order valence-corrected chi connectivity index (χ0v) is 16.5. The fourth-order valence-corrected chi connectivity index (χ4v) is 4.42. The van der Waals surface area contributed by atoms with Gasteiger partial charge in [0.1, 0.15) is 12.1 Å². The normalized spacial score (nSPS) is 20.8. The first-order valence-electron chi connectivity index (χ1n) is 10.3. The maximum Gasteiger partial charge on any atom is 0.218 e. The molecular formula is C20H28N6O2. The number of hydrogen-bond donors (Lipinski definition) is 0. The van der Waals surface area contributed by atoms with E-state index in [1.807, 2.05) is 6.07 Å². The summed E-state index contributed by atoms with van der Waals surface area (Å²) < 4.78 is 12.9. The molecule has 0 radical (unpaired) electrons. The van der Waals surface area contributed by atoms with Gasteiger partial charge in [-0.05, 0) is 31.7 Å². The number of ether oxygens (including phenoxy) is 2. The van der Waals surface area contributed by atoms with Crippen molar-refractivity contribution in [3.05, 3.63) is 29.8 Å². The quantitative estimate of drug-likeness (QED) is 0.753. The van der Waals surface area contributed by atoms with Gasteiger partial charge in [-0.15, -0.1) is 0 Å². The SMILES string of the molecule is COc1cc(N(C2CC2)C2CCN(Cc3cc4n(n3)CCOC4)CC2)ncn1. The standard InChI is InChI=1S/C20H28N6O2/c1-27-20-11-19(21-14-22-20)26(16-2-3-16)17-4-6-24(7-5-17)12-15-10-18-13-28-9-8-25(18)23-15/h10-11,14,16-17H,2-9,12-13H2,1H3. The summed E-state index contributed by atoms with van der Waals surface area (Å²) in [6.07, 6.45) is 6.44. The van der Waals surface area contributed by atoms with E-state index in [0.29, 0.717) is 24.6 Å². The number of fused-ring (bicyclic) bond motifs is 1. The Labute approximate surface area is 165 Å². The van der Waals surface area contributed by atoms with Crippen LogP contribution >= 0.6 is 0 Å². The van der Waals surface area contributed by atoms with Gasteiger partial charge in [-0.2, -0.15) is 5.10 Å². The molecule has 3 aliphatic rings. The van der Waals surface area contributed by atoms with Crippen molar-refractivity contribution in [2.24, 2.45) is 0 Å². The number of nitrogens with zero attached hydrogens (tertiary/aromatic N) is 6. The van der Waals surface area contributed by atoms with E-state index in [4.69, 9.17) is 14.6 Å². The van der Waals surface area contributed by atoms with Crippen LogP contribution in [0.4, 0.5) is 5.82 Å². The van der Waals surface area contributed by atoms with Crippen molar-refractivity contribution in [2.75, 3.05) is 31.7 Å². The van der Waals surface area contributed by atoms with Crippen LogP contribution < -0.4 is 9.64 Å². The Morgan fingerprint density at radius 3 is 2.68 bits per heavy atom. The van der Waals surface area contributed by atoms with E-state index < -0.39 is 0 Å². The van der Waals surface area contributed by atoms with E-state index in [1.165, 1.54) is 24.2 Å². The molecule has 1 saturated heterocycles. The van der Waals surface area contributed by atoms with Gasteiger partial charge in [-0.3, -0.25) is 9.58 Å². The van der Waals surface area contributed by atoms with E-state index in [9.17, 15) is 0 Å². The molecule has 0 unspecified atom stereocenters. The summed E-state index contributed by atoms with van der Waals surface area (Å²) in [5.74, 6) is 1.65. The summed E-state index contributed by atoms with van der Waals surface area (Å²) in [5, 5.41) is 4.76. The highest BCUT2D eigenvalue weighted by Gasteiger charge is 2.36. The lowest BCUT2D eigenvalue weighted by atomic mass is 10.0. The smallest absolute Gasteiger partial charge is 0.218 e. The van der Waals surface area contributed by atoms with Crippen LogP contribution in [0, 0.1) is 0 Å². The van der Waals surface area contributed by atoms with Crippen LogP contribution in [0.5, 0.6) is 5.88 Å². The van der Waals surface area contributed by atoms with Gasteiger partial charge >= 0.3 is 0 Å². The second-order valence-electron chi connectivity index (χ2n) is 7.97. The molecule has 28 heavy (non-hydrogen) atoms. The third-order valence-electron chi connectivity index (χ3n) is 5.99. The first-order valence-corrected chi connectivity index (χ1v) is 10.3. The van der Waals surface area contributed by atoms with Gasteiger partial charge in [0.15, 0.2) is 0 Å². The maximum atomic E-state index is 5.53. The summed E-state index contributed by atoms with van der Waals surface area (Å²) in [4.78, 5) is 13.8. The third kappa shape index (κ3) is 3.71. The monoisotopic (exact) mass is 384 g/mol. The van der Waals surface area contributed by atoms with Gasteiger partial charge in [-0.1, -0.05) is 0 Å². The van der Waals surface area contributed by atoms with Crippen LogP contribution in [0.1, 0.15) is 37.1 Å². The van der Waals surface area contributed by atoms with Crippen molar-refractivity contribution in [1.82, 2.24) is 24.6 Å². The molecule has 2 fully saturated rings. The highest BCUT2D eigenvalue weighted by Crippen LogP contribution is 2.36. The molecule has 0 aromatic carbocycles. The zero-order chi connectivity index (χ0) is 18.9. The minimum absolute atomic E-state index is 0.534. The van der Waals surface area contributed by atoms with Gasteiger partial charge in [-0.25, -0.2) is 9.97 Å². The van der Waals surface area contributed by atoms with E-state index in [1.54, 1.807) is 13.4 Å². The van der Waals surface area contributed by atoms with E-state index >= 15 is 0 Å². The van der Waals surface area contributed by atoms with E-state index in [0.717, 1.165) is 51.4 Å². The first kappa shape index (κ1) is 17.9. The van der Waals surface area contributed by atoms with Crippen LogP contribution in [0.2, 0.25) is 0 Å². The summed E-state index contributed by atoms with van der Waals surface area (Å²) in [6, 6.07) is 5.33. The lowest BCUT2D eigenvalue weighted by Gasteiger charge is -2.39. The number of anilines is 1. The number of hydrogen-bond acceptors (Lipinski definition) is 7. The molecule has 5 rings (SSSR count). The lowest BCUT2D eigenvalue weighted by molar-refractivity contribution is 0.0799. The predicted octanol–water partition coefficient (Wildman–Crippen LogP) is 1.85. The van der Waals surface area contributed by atoms with Gasteiger partial charge in [0.25, 0.3) is 0 Å². The Hall–Kier alpha value is -2.19. The largest absolute Gasteiger partial charge is 0.481 e. The molecule has 0 spiro atoms. The summed E-state index contributed by atoms with van der Waals surface area (Å²) >= 11 is 0. The van der Waals surface area contributed by atoms with E-state index in [-0.39, 0.29) is 0 Å². The van der Waals surface area contributed by atoms with Gasteiger partial charge in [0, 0.05) is 37.8 Å². The molecule has 0 bridgehead atoms. The molecule has 0 N–H and O–H groups in total. The first-order chi connectivity index (χ1) is 13.8. The second kappa shape index (κ2) is 7.67. The predicted molar refractivity (Wildman–Crippen MR) is 104 cm³/mol. The minimum Gasteiger partial charge on any atom is -0.481 e. The molecule has 2 aromatic heterocycles. The number of likely N-dealkylation sites (tertiary alicyclic amines) is 1. The number of rotatable bonds is 6. The summed E-state index contributed by atoms with van der Waals surface area (Å²) in [6.45, 7) is 5.44. The van der Waals surface area contributed by atoms with Crippen molar-refractivity contribution in [3.63, 3.8) is 0 Å². The Morgan fingerprint density at radius 2 is 1.93 bits per heavy atom. The number of methoxy groups -OCH3 is 1. The average molecular weight is 384 g/mol. The van der Waals surface area contributed by atoms with Gasteiger partial charge < -0.3 is 14.4 Å². The van der Waals surface area contributed by atoms with Crippen LogP contribution in [0.25, 0.3) is 0 Å². The van der Waals surface area contributed by atoms with Crippen molar-refractivity contribution in [1.29, 1.82) is 0 Å². The molecule has 2 aliphatic heterocycles. The maximum absolute atomic E-state index is 5.53. The summed E-state index contributed by atoms with van der Waals surface area (Å²) in [7, 11) is 1.66. The molecule has 0 atom stereocenters. The number of piperidine rings is 1. The average Bonchev–Trinajstić information content (AvgIpc) is 3.48. The molecule has 1 saturated carbocycles. The molecule has 4 heterocycles. The lowest BCUT2D eigenvalue weighted by Crippen LogP contribution is -2.46. The molecular weight excluding hydrogens is 356 g/mol. The molecule has 150 valence electrons. The minimum atomic E-state index is 0.534. The van der Waals surface area contributed by atoms with Crippen molar-refractivity contribution in [2.45, 2.75) is 57.5 Å². The van der Waals surface area contributed by atoms with Crippen LogP contribution in [-0.2, 0) is 24.4 Å². The number of aromatic nitrogens is 4. The molecule has 8 heteroatoms. The van der Waals surface area contributed by atoms with Crippen LogP contribution in [-0.4, -0.2) is 63.5 Å². The zero-order valence-electron chi connectivity index (χ0n) is 16.5. The third-order valence-corrected chi connectivity index (χ3v) is 5.99. The fraction of sp³-hybridized carbons (Fsp3) is 0.650. The Bertz CT molecular complexity index is 789. The van der Waals surface area contributed by atoms with E-state index in [2.05, 4.69) is 30.5 Å². The van der Waals surface area contributed by atoms with Gasteiger partial charge in [0.05, 0.1) is 38.3 Å². The van der Waals surface area contributed by atoms with Crippen molar-refractivity contribution < 1.29 is 9.47 Å². The van der Waals surface area contributed by atoms with Crippen LogP contribution in [0.3, 0.4) is 0 Å². The molecule has 8 nitrogen and oxygen atoms in total. The second-order valence-corrected chi connectivity index (χ2v) is 7.97. The highest BCUT2D eigenvalue weighted by atomic mass is 16.5. The summed E-state index contributed by atoms with van der Waals surface area (Å²) in [5.41, 5.74) is 2.37. The highest BCUT2D eigenvalue weighted by molar-refractivity contribution is 5.45. The molecule has 0 amide bonds. The molecule has 2 aromatic rings. The van der Waals surface area contributed by atoms with Crippen LogP contribution in [0.15, 0.2) is 18.5 Å². The van der Waals surface area contributed by atoms with Crippen molar-refractivity contribution >= 4 is 5.82 Å². The van der Waals surface area contributed by atoms with Crippen molar-refractivity contribution in [3.8, 4) is 5.88 Å². The Balaban J connectivity index is 1.22.